The number of carbonyl (C=O) groups is 2. The summed E-state index contributed by atoms with van der Waals surface area (Å²) < 4.78 is 36.8. The first-order valence-electron chi connectivity index (χ1n) is 10.0. The fraction of sp³-hybridized carbons (Fsp3) is 0.450. The number of urea groups is 1. The molecule has 0 unspecified atom stereocenters. The standard InChI is InChI=1S/C20H26ClF2N5O3S/c1-11(2)25-6-4-3-5-7-26-20(30)27-19-16(17(24)29)18(28-32-19)31-10-12-8-15(23)13(21)9-14(12)22/h8-9,11,25H,3-7,10H2,1-2H3,(H2,24,29)(H2,26,27,30). The van der Waals surface area contributed by atoms with Crippen LogP contribution in [0.4, 0.5) is 18.6 Å². The minimum atomic E-state index is -0.885. The third kappa shape index (κ3) is 7.88. The van der Waals surface area contributed by atoms with Gasteiger partial charge in [0.2, 0.25) is 5.88 Å². The van der Waals surface area contributed by atoms with Crippen LogP contribution >= 0.6 is 23.1 Å². The topological polar surface area (TPSA) is 118 Å². The molecule has 12 heteroatoms. The minimum absolute atomic E-state index is 0.0916. The molecule has 0 aliphatic heterocycles. The van der Waals surface area contributed by atoms with Crippen LogP contribution in [0.1, 0.15) is 49.0 Å². The summed E-state index contributed by atoms with van der Waals surface area (Å²) in [7, 11) is 0. The largest absolute Gasteiger partial charge is 0.471 e. The number of nitrogens with two attached hydrogens (primary N) is 1. The quantitative estimate of drug-likeness (QED) is 0.265. The molecular formula is C20H26ClF2N5O3S. The van der Waals surface area contributed by atoms with Crippen molar-refractivity contribution in [3.8, 4) is 5.88 Å². The maximum atomic E-state index is 13.9. The van der Waals surface area contributed by atoms with Crippen molar-refractivity contribution in [2.75, 3.05) is 18.4 Å². The van der Waals surface area contributed by atoms with Gasteiger partial charge in [-0.2, -0.15) is 4.37 Å². The maximum absolute atomic E-state index is 13.9. The minimum Gasteiger partial charge on any atom is -0.471 e. The van der Waals surface area contributed by atoms with Crippen LogP contribution in [-0.2, 0) is 6.61 Å². The van der Waals surface area contributed by atoms with E-state index < -0.39 is 30.2 Å². The average Bonchev–Trinajstić information content (AvgIpc) is 3.11. The highest BCUT2D eigenvalue weighted by atomic mass is 35.5. The second-order valence-electron chi connectivity index (χ2n) is 7.25. The van der Waals surface area contributed by atoms with Gasteiger partial charge in [-0.1, -0.05) is 31.9 Å². The summed E-state index contributed by atoms with van der Waals surface area (Å²) in [6.45, 7) is 5.13. The van der Waals surface area contributed by atoms with Gasteiger partial charge in [0.1, 0.15) is 28.8 Å². The number of aromatic nitrogens is 1. The molecule has 32 heavy (non-hydrogen) atoms. The summed E-state index contributed by atoms with van der Waals surface area (Å²) in [4.78, 5) is 24.0. The summed E-state index contributed by atoms with van der Waals surface area (Å²) in [5, 5.41) is 8.26. The van der Waals surface area contributed by atoms with Gasteiger partial charge < -0.3 is 21.1 Å². The van der Waals surface area contributed by atoms with E-state index in [0.717, 1.165) is 49.5 Å². The Hall–Kier alpha value is -2.50. The lowest BCUT2D eigenvalue weighted by Crippen LogP contribution is -2.30. The zero-order chi connectivity index (χ0) is 23.7. The van der Waals surface area contributed by atoms with Gasteiger partial charge in [-0.25, -0.2) is 13.6 Å². The number of hydrogen-bond donors (Lipinski definition) is 4. The lowest BCUT2D eigenvalue weighted by atomic mass is 10.2. The van der Waals surface area contributed by atoms with Crippen LogP contribution in [0, 0.1) is 11.6 Å². The van der Waals surface area contributed by atoms with Crippen LogP contribution in [0.15, 0.2) is 12.1 Å². The summed E-state index contributed by atoms with van der Waals surface area (Å²) >= 11 is 6.31. The molecule has 3 amide bonds. The van der Waals surface area contributed by atoms with Crippen LogP contribution in [0.3, 0.4) is 0 Å². The Morgan fingerprint density at radius 1 is 1.19 bits per heavy atom. The summed E-state index contributed by atoms with van der Waals surface area (Å²) in [6.07, 6.45) is 2.75. The third-order valence-electron chi connectivity index (χ3n) is 4.28. The molecule has 2 aromatic rings. The number of primary amides is 1. The summed E-state index contributed by atoms with van der Waals surface area (Å²) in [5.74, 6) is -2.66. The molecule has 0 fully saturated rings. The number of anilines is 1. The van der Waals surface area contributed by atoms with Crippen LogP contribution in [0.25, 0.3) is 0 Å². The van der Waals surface area contributed by atoms with E-state index in [1.807, 2.05) is 0 Å². The van der Waals surface area contributed by atoms with Crippen molar-refractivity contribution in [1.82, 2.24) is 15.0 Å². The second kappa shape index (κ2) is 12.5. The smallest absolute Gasteiger partial charge is 0.319 e. The number of carbonyl (C=O) groups excluding carboxylic acids is 2. The Bertz CT molecular complexity index is 942. The highest BCUT2D eigenvalue weighted by Crippen LogP contribution is 2.31. The fourth-order valence-electron chi connectivity index (χ4n) is 2.66. The van der Waals surface area contributed by atoms with Crippen LogP contribution in [0.5, 0.6) is 5.88 Å². The zero-order valence-corrected chi connectivity index (χ0v) is 19.3. The van der Waals surface area contributed by atoms with Gasteiger partial charge in [-0.3, -0.25) is 10.1 Å². The fourth-order valence-corrected chi connectivity index (χ4v) is 3.55. The van der Waals surface area contributed by atoms with E-state index in [4.69, 9.17) is 22.1 Å². The maximum Gasteiger partial charge on any atom is 0.319 e. The van der Waals surface area contributed by atoms with E-state index >= 15 is 0 Å². The Morgan fingerprint density at radius 2 is 1.91 bits per heavy atom. The average molecular weight is 490 g/mol. The first kappa shape index (κ1) is 25.8. The van der Waals surface area contributed by atoms with Gasteiger partial charge in [0.25, 0.3) is 5.91 Å². The molecule has 8 nitrogen and oxygen atoms in total. The molecule has 0 aliphatic carbocycles. The second-order valence-corrected chi connectivity index (χ2v) is 8.43. The van der Waals surface area contributed by atoms with Crippen LogP contribution in [-0.4, -0.2) is 35.4 Å². The molecule has 0 spiro atoms. The monoisotopic (exact) mass is 489 g/mol. The third-order valence-corrected chi connectivity index (χ3v) is 5.32. The number of benzene rings is 1. The van der Waals surface area contributed by atoms with Crippen molar-refractivity contribution >= 4 is 40.1 Å². The first-order chi connectivity index (χ1) is 15.2. The zero-order valence-electron chi connectivity index (χ0n) is 17.8. The molecule has 1 heterocycles. The number of amides is 3. The van der Waals surface area contributed by atoms with Crippen molar-refractivity contribution in [2.24, 2.45) is 5.73 Å². The molecule has 0 radical (unpaired) electrons. The van der Waals surface area contributed by atoms with Crippen molar-refractivity contribution in [1.29, 1.82) is 0 Å². The number of unbranched alkanes of at least 4 members (excludes halogenated alkanes) is 2. The van der Waals surface area contributed by atoms with Gasteiger partial charge in [-0.05, 0) is 43.1 Å². The molecule has 0 atom stereocenters. The molecule has 1 aromatic carbocycles. The molecule has 5 N–H and O–H groups in total. The van der Waals surface area contributed by atoms with Gasteiger partial charge in [-0.15, -0.1) is 0 Å². The number of rotatable bonds is 12. The summed E-state index contributed by atoms with van der Waals surface area (Å²) in [5.41, 5.74) is 5.11. The van der Waals surface area contributed by atoms with Crippen LogP contribution < -0.4 is 26.4 Å². The SMILES string of the molecule is CC(C)NCCCCCNC(=O)Nc1snc(OCc2cc(F)c(Cl)cc2F)c1C(N)=O. The van der Waals surface area contributed by atoms with Gasteiger partial charge in [0.15, 0.2) is 0 Å². The van der Waals surface area contributed by atoms with Gasteiger partial charge >= 0.3 is 6.03 Å². The Balaban J connectivity index is 1.89. The highest BCUT2D eigenvalue weighted by Gasteiger charge is 2.22. The Morgan fingerprint density at radius 3 is 2.59 bits per heavy atom. The number of halogens is 3. The van der Waals surface area contributed by atoms with E-state index in [-0.39, 0.29) is 27.0 Å². The van der Waals surface area contributed by atoms with Crippen molar-refractivity contribution in [2.45, 2.75) is 45.8 Å². The molecule has 2 rings (SSSR count). The molecular weight excluding hydrogens is 464 g/mol. The first-order valence-corrected chi connectivity index (χ1v) is 11.2. The summed E-state index contributed by atoms with van der Waals surface area (Å²) in [6, 6.07) is 1.63. The molecule has 0 saturated carbocycles. The van der Waals surface area contributed by atoms with Gasteiger partial charge in [0, 0.05) is 18.2 Å². The van der Waals surface area contributed by atoms with Crippen molar-refractivity contribution in [3.63, 3.8) is 0 Å². The van der Waals surface area contributed by atoms with E-state index in [1.165, 1.54) is 0 Å². The van der Waals surface area contributed by atoms with E-state index in [0.29, 0.717) is 12.6 Å². The number of nitrogens with one attached hydrogen (secondary N) is 3. The number of nitrogens with zero attached hydrogens (tertiary/aromatic N) is 1. The van der Waals surface area contributed by atoms with Crippen molar-refractivity contribution < 1.29 is 23.1 Å². The Labute approximate surface area is 194 Å². The molecule has 0 aliphatic rings. The van der Waals surface area contributed by atoms with Crippen LogP contribution in [0.2, 0.25) is 5.02 Å². The number of hydrogen-bond acceptors (Lipinski definition) is 6. The molecule has 176 valence electrons. The van der Waals surface area contributed by atoms with E-state index in [2.05, 4.69) is 34.2 Å². The lowest BCUT2D eigenvalue weighted by Gasteiger charge is -2.09. The lowest BCUT2D eigenvalue weighted by molar-refractivity contribution is 0.0996. The van der Waals surface area contributed by atoms with Gasteiger partial charge in [0.05, 0.1) is 5.02 Å². The normalized spacial score (nSPS) is 10.9. The van der Waals surface area contributed by atoms with E-state index in [9.17, 15) is 18.4 Å². The predicted molar refractivity (Wildman–Crippen MR) is 120 cm³/mol. The predicted octanol–water partition coefficient (Wildman–Crippen LogP) is 4.04. The van der Waals surface area contributed by atoms with Crippen molar-refractivity contribution in [3.05, 3.63) is 39.9 Å². The van der Waals surface area contributed by atoms with E-state index in [1.54, 1.807) is 0 Å². The molecule has 0 saturated heterocycles. The molecule has 0 bridgehead atoms. The Kier molecular flexibility index (Phi) is 10.1. The highest BCUT2D eigenvalue weighted by molar-refractivity contribution is 7.11. The molecule has 1 aromatic heterocycles. The number of ether oxygens (including phenoxy) is 1.